The number of ether oxygens (including phenoxy) is 1. The van der Waals surface area contributed by atoms with Crippen molar-refractivity contribution in [1.29, 1.82) is 0 Å². The van der Waals surface area contributed by atoms with Crippen LogP contribution >= 0.6 is 11.6 Å². The van der Waals surface area contributed by atoms with E-state index < -0.39 is 0 Å². The first-order valence-electron chi connectivity index (χ1n) is 5.15. The molecule has 0 saturated carbocycles. The fourth-order valence-electron chi connectivity index (χ4n) is 1.73. The number of aromatic nitrogens is 1. The Morgan fingerprint density at radius 2 is 2.50 bits per heavy atom. The molecule has 16 heavy (non-hydrogen) atoms. The molecule has 0 bridgehead atoms. The van der Waals surface area contributed by atoms with Crippen molar-refractivity contribution < 1.29 is 9.53 Å². The zero-order valence-corrected chi connectivity index (χ0v) is 9.78. The van der Waals surface area contributed by atoms with Crippen LogP contribution < -0.4 is 0 Å². The Balaban J connectivity index is 2.15. The fourth-order valence-corrected chi connectivity index (χ4v) is 1.93. The molecule has 2 rings (SSSR count). The molecule has 0 aromatic carbocycles. The zero-order chi connectivity index (χ0) is 11.5. The summed E-state index contributed by atoms with van der Waals surface area (Å²) in [5, 5.41) is 0.248. The smallest absolute Gasteiger partial charge is 0.257 e. The summed E-state index contributed by atoms with van der Waals surface area (Å²) in [6.07, 6.45) is 2.44. The van der Waals surface area contributed by atoms with Crippen LogP contribution in [0.4, 0.5) is 0 Å². The van der Waals surface area contributed by atoms with Crippen molar-refractivity contribution in [3.05, 3.63) is 29.0 Å². The van der Waals surface area contributed by atoms with E-state index in [0.717, 1.165) is 6.42 Å². The van der Waals surface area contributed by atoms with Gasteiger partial charge in [-0.2, -0.15) is 0 Å². The van der Waals surface area contributed by atoms with Gasteiger partial charge in [-0.15, -0.1) is 0 Å². The first kappa shape index (κ1) is 11.4. The van der Waals surface area contributed by atoms with Gasteiger partial charge in [-0.3, -0.25) is 4.79 Å². The predicted molar refractivity (Wildman–Crippen MR) is 60.6 cm³/mol. The van der Waals surface area contributed by atoms with Crippen LogP contribution in [0.15, 0.2) is 18.3 Å². The number of rotatable bonds is 2. The van der Waals surface area contributed by atoms with Crippen LogP contribution in [0, 0.1) is 0 Å². The summed E-state index contributed by atoms with van der Waals surface area (Å²) in [7, 11) is 1.77. The van der Waals surface area contributed by atoms with Crippen LogP contribution in [-0.2, 0) is 4.74 Å². The van der Waals surface area contributed by atoms with Gasteiger partial charge in [-0.05, 0) is 18.6 Å². The first-order valence-corrected chi connectivity index (χ1v) is 5.53. The highest BCUT2D eigenvalue weighted by Gasteiger charge is 2.26. The lowest BCUT2D eigenvalue weighted by molar-refractivity contribution is 0.0711. The topological polar surface area (TPSA) is 42.4 Å². The standard InChI is InChI=1S/C11H13ClN2O2/c1-14(8-4-6-16-7-8)11(15)9-3-2-5-13-10(9)12/h2-3,5,8H,4,6-7H2,1H3. The van der Waals surface area contributed by atoms with E-state index in [1.807, 2.05) is 0 Å². The van der Waals surface area contributed by atoms with Crippen molar-refractivity contribution in [2.24, 2.45) is 0 Å². The summed E-state index contributed by atoms with van der Waals surface area (Å²) >= 11 is 5.88. The van der Waals surface area contributed by atoms with Crippen molar-refractivity contribution in [2.45, 2.75) is 12.5 Å². The van der Waals surface area contributed by atoms with E-state index in [1.54, 1.807) is 30.3 Å². The van der Waals surface area contributed by atoms with E-state index >= 15 is 0 Å². The number of pyridine rings is 1. The summed E-state index contributed by atoms with van der Waals surface area (Å²) in [5.74, 6) is -0.103. The van der Waals surface area contributed by atoms with E-state index in [2.05, 4.69) is 4.98 Å². The van der Waals surface area contributed by atoms with Gasteiger partial charge < -0.3 is 9.64 Å². The van der Waals surface area contributed by atoms with Crippen LogP contribution in [0.2, 0.25) is 5.15 Å². The molecule has 1 amide bonds. The minimum atomic E-state index is -0.103. The van der Waals surface area contributed by atoms with Crippen LogP contribution in [-0.4, -0.2) is 42.1 Å². The molecular weight excluding hydrogens is 228 g/mol. The van der Waals surface area contributed by atoms with E-state index in [0.29, 0.717) is 18.8 Å². The number of likely N-dealkylation sites (N-methyl/N-ethyl adjacent to an activating group) is 1. The summed E-state index contributed by atoms with van der Waals surface area (Å²) in [6, 6.07) is 3.53. The lowest BCUT2D eigenvalue weighted by Gasteiger charge is -2.23. The second-order valence-electron chi connectivity index (χ2n) is 3.78. The van der Waals surface area contributed by atoms with Crippen molar-refractivity contribution in [1.82, 2.24) is 9.88 Å². The highest BCUT2D eigenvalue weighted by atomic mass is 35.5. The largest absolute Gasteiger partial charge is 0.379 e. The van der Waals surface area contributed by atoms with Crippen molar-refractivity contribution >= 4 is 17.5 Å². The minimum absolute atomic E-state index is 0.103. The summed E-state index contributed by atoms with van der Waals surface area (Å²) in [5.41, 5.74) is 0.443. The number of carbonyl (C=O) groups is 1. The molecule has 1 unspecified atom stereocenters. The average molecular weight is 241 g/mol. The second kappa shape index (κ2) is 4.80. The van der Waals surface area contributed by atoms with E-state index in [-0.39, 0.29) is 17.1 Å². The average Bonchev–Trinajstić information content (AvgIpc) is 2.81. The molecule has 5 heteroatoms. The molecule has 0 spiro atoms. The Morgan fingerprint density at radius 3 is 3.12 bits per heavy atom. The Labute approximate surface area is 99.2 Å². The van der Waals surface area contributed by atoms with Gasteiger partial charge >= 0.3 is 0 Å². The number of hydrogen-bond acceptors (Lipinski definition) is 3. The number of carbonyl (C=O) groups excluding carboxylic acids is 1. The third-order valence-corrected chi connectivity index (χ3v) is 3.06. The number of nitrogens with zero attached hydrogens (tertiary/aromatic N) is 2. The van der Waals surface area contributed by atoms with Crippen molar-refractivity contribution in [3.8, 4) is 0 Å². The maximum atomic E-state index is 12.1. The molecule has 4 nitrogen and oxygen atoms in total. The molecule has 2 heterocycles. The Hall–Kier alpha value is -1.13. The molecule has 0 radical (unpaired) electrons. The van der Waals surface area contributed by atoms with Crippen molar-refractivity contribution in [3.63, 3.8) is 0 Å². The third kappa shape index (κ3) is 2.18. The molecule has 1 aliphatic rings. The number of halogens is 1. The van der Waals surface area contributed by atoms with Gasteiger partial charge in [0.2, 0.25) is 0 Å². The van der Waals surface area contributed by atoms with Crippen LogP contribution in [0.25, 0.3) is 0 Å². The molecular formula is C11H13ClN2O2. The maximum absolute atomic E-state index is 12.1. The van der Waals surface area contributed by atoms with E-state index in [1.165, 1.54) is 0 Å². The lowest BCUT2D eigenvalue weighted by atomic mass is 10.2. The second-order valence-corrected chi connectivity index (χ2v) is 4.13. The molecule has 1 atom stereocenters. The third-order valence-electron chi connectivity index (χ3n) is 2.76. The molecule has 1 aliphatic heterocycles. The van der Waals surface area contributed by atoms with Gasteiger partial charge in [0, 0.05) is 19.9 Å². The number of hydrogen-bond donors (Lipinski definition) is 0. The van der Waals surface area contributed by atoms with E-state index in [9.17, 15) is 4.79 Å². The van der Waals surface area contributed by atoms with Gasteiger partial charge in [-0.25, -0.2) is 4.98 Å². The zero-order valence-electron chi connectivity index (χ0n) is 9.02. The van der Waals surface area contributed by atoms with Gasteiger partial charge in [0.05, 0.1) is 18.2 Å². The normalized spacial score (nSPS) is 19.8. The highest BCUT2D eigenvalue weighted by Crippen LogP contribution is 2.17. The van der Waals surface area contributed by atoms with Gasteiger partial charge in [0.15, 0.2) is 0 Å². The van der Waals surface area contributed by atoms with Crippen LogP contribution in [0.5, 0.6) is 0 Å². The van der Waals surface area contributed by atoms with Gasteiger partial charge in [0.1, 0.15) is 5.15 Å². The van der Waals surface area contributed by atoms with Gasteiger partial charge in [0.25, 0.3) is 5.91 Å². The SMILES string of the molecule is CN(C(=O)c1cccnc1Cl)C1CCOC1. The molecule has 86 valence electrons. The maximum Gasteiger partial charge on any atom is 0.257 e. The van der Waals surface area contributed by atoms with Crippen LogP contribution in [0.1, 0.15) is 16.8 Å². The van der Waals surface area contributed by atoms with Crippen molar-refractivity contribution in [2.75, 3.05) is 20.3 Å². The van der Waals surface area contributed by atoms with E-state index in [4.69, 9.17) is 16.3 Å². The quantitative estimate of drug-likeness (QED) is 0.738. The Bertz CT molecular complexity index is 391. The summed E-state index contributed by atoms with van der Waals surface area (Å²) in [4.78, 5) is 17.7. The predicted octanol–water partition coefficient (Wildman–Crippen LogP) is 1.60. The molecule has 1 aromatic heterocycles. The molecule has 0 aliphatic carbocycles. The lowest BCUT2D eigenvalue weighted by Crippen LogP contribution is -2.37. The summed E-state index contributed by atoms with van der Waals surface area (Å²) < 4.78 is 5.25. The monoisotopic (exact) mass is 240 g/mol. The molecule has 1 saturated heterocycles. The molecule has 1 aromatic rings. The highest BCUT2D eigenvalue weighted by molar-refractivity contribution is 6.32. The van der Waals surface area contributed by atoms with Crippen LogP contribution in [0.3, 0.4) is 0 Å². The number of amides is 1. The van der Waals surface area contributed by atoms with Gasteiger partial charge in [-0.1, -0.05) is 11.6 Å². The fraction of sp³-hybridized carbons (Fsp3) is 0.455. The molecule has 1 fully saturated rings. The Kier molecular flexibility index (Phi) is 3.41. The summed E-state index contributed by atoms with van der Waals surface area (Å²) in [6.45, 7) is 1.31. The Morgan fingerprint density at radius 1 is 1.69 bits per heavy atom. The minimum Gasteiger partial charge on any atom is -0.379 e. The molecule has 0 N–H and O–H groups in total. The first-order chi connectivity index (χ1) is 7.70.